The lowest BCUT2D eigenvalue weighted by Gasteiger charge is -2.26. The number of rotatable bonds is 8. The predicted molar refractivity (Wildman–Crippen MR) is 85.8 cm³/mol. The molecule has 0 bridgehead atoms. The summed E-state index contributed by atoms with van der Waals surface area (Å²) in [5.41, 5.74) is 1.07. The molecule has 25 heavy (non-hydrogen) atoms. The van der Waals surface area contributed by atoms with Gasteiger partial charge in [-0.2, -0.15) is 0 Å². The third-order valence-electron chi connectivity index (χ3n) is 3.70. The van der Waals surface area contributed by atoms with Crippen LogP contribution >= 0.6 is 0 Å². The molecule has 0 saturated carbocycles. The molecule has 132 valence electrons. The minimum atomic E-state index is -1.21. The molecule has 0 aliphatic carbocycles. The molecule has 3 amide bonds. The zero-order valence-electron chi connectivity index (χ0n) is 13.5. The van der Waals surface area contributed by atoms with Gasteiger partial charge in [0.05, 0.1) is 11.6 Å². The standard InChI is InChI=1S/C17H17FN2O5/c1-11-3-2-4-14(13(11)9-21)25-10-12(8-19-15(22)7-18)20-16(23)5-6-17(20)24/h2-6,9,12H,7-8,10H2,1H3,(H,19,22). The van der Waals surface area contributed by atoms with Gasteiger partial charge in [-0.25, -0.2) is 4.39 Å². The maximum atomic E-state index is 12.3. The molecule has 1 aromatic rings. The molecular formula is C17H17FN2O5. The normalized spacial score (nSPS) is 14.6. The molecule has 0 aromatic heterocycles. The minimum Gasteiger partial charge on any atom is -0.491 e. The summed E-state index contributed by atoms with van der Waals surface area (Å²) in [6.45, 7) is 0.216. The smallest absolute Gasteiger partial charge is 0.254 e. The van der Waals surface area contributed by atoms with E-state index in [4.69, 9.17) is 4.74 Å². The molecule has 0 fully saturated rings. The monoisotopic (exact) mass is 348 g/mol. The van der Waals surface area contributed by atoms with Crippen LogP contribution < -0.4 is 10.1 Å². The number of benzene rings is 1. The molecule has 1 atom stereocenters. The number of hydrogen-bond donors (Lipinski definition) is 1. The fraction of sp³-hybridized carbons (Fsp3) is 0.294. The first-order valence-corrected chi connectivity index (χ1v) is 7.53. The van der Waals surface area contributed by atoms with Crippen molar-refractivity contribution in [2.24, 2.45) is 0 Å². The first-order valence-electron chi connectivity index (χ1n) is 7.53. The van der Waals surface area contributed by atoms with Crippen LogP contribution in [0.2, 0.25) is 0 Å². The largest absolute Gasteiger partial charge is 0.491 e. The van der Waals surface area contributed by atoms with Gasteiger partial charge >= 0.3 is 0 Å². The Morgan fingerprint density at radius 3 is 2.60 bits per heavy atom. The van der Waals surface area contributed by atoms with Crippen LogP contribution in [-0.2, 0) is 14.4 Å². The molecule has 0 radical (unpaired) electrons. The van der Waals surface area contributed by atoms with Gasteiger partial charge in [-0.1, -0.05) is 12.1 Å². The van der Waals surface area contributed by atoms with Crippen LogP contribution in [-0.4, -0.2) is 54.8 Å². The van der Waals surface area contributed by atoms with Crippen molar-refractivity contribution in [2.75, 3.05) is 19.8 Å². The molecule has 7 nitrogen and oxygen atoms in total. The Bertz CT molecular complexity index is 714. The Kier molecular flexibility index (Phi) is 5.99. The number of halogens is 1. The molecule has 0 saturated heterocycles. The van der Waals surface area contributed by atoms with Gasteiger partial charge in [0, 0.05) is 18.7 Å². The van der Waals surface area contributed by atoms with Crippen LogP contribution in [0.15, 0.2) is 30.4 Å². The van der Waals surface area contributed by atoms with Crippen LogP contribution in [0, 0.1) is 6.92 Å². The lowest BCUT2D eigenvalue weighted by atomic mass is 10.1. The van der Waals surface area contributed by atoms with Crippen molar-refractivity contribution in [3.63, 3.8) is 0 Å². The van der Waals surface area contributed by atoms with Crippen molar-refractivity contribution in [3.05, 3.63) is 41.5 Å². The number of carbonyl (C=O) groups is 4. The van der Waals surface area contributed by atoms with Gasteiger partial charge in [-0.3, -0.25) is 24.1 Å². The number of ether oxygens (including phenoxy) is 1. The highest BCUT2D eigenvalue weighted by atomic mass is 19.1. The second-order valence-electron chi connectivity index (χ2n) is 5.39. The summed E-state index contributed by atoms with van der Waals surface area (Å²) < 4.78 is 17.9. The second kappa shape index (κ2) is 8.18. The summed E-state index contributed by atoms with van der Waals surface area (Å²) >= 11 is 0. The van der Waals surface area contributed by atoms with Gasteiger partial charge < -0.3 is 10.1 Å². The van der Waals surface area contributed by atoms with E-state index in [1.54, 1.807) is 25.1 Å². The van der Waals surface area contributed by atoms with E-state index in [1.807, 2.05) is 0 Å². The topological polar surface area (TPSA) is 92.8 Å². The summed E-state index contributed by atoms with van der Waals surface area (Å²) in [4.78, 5) is 47.0. The van der Waals surface area contributed by atoms with E-state index >= 15 is 0 Å². The van der Waals surface area contributed by atoms with Gasteiger partial charge in [-0.15, -0.1) is 0 Å². The predicted octanol–water partition coefficient (Wildman–Crippen LogP) is 0.566. The third-order valence-corrected chi connectivity index (χ3v) is 3.70. The molecule has 1 N–H and O–H groups in total. The third kappa shape index (κ3) is 4.28. The van der Waals surface area contributed by atoms with Gasteiger partial charge in [-0.05, 0) is 18.6 Å². The molecule has 0 spiro atoms. The second-order valence-corrected chi connectivity index (χ2v) is 5.39. The van der Waals surface area contributed by atoms with Crippen LogP contribution in [0.4, 0.5) is 4.39 Å². The highest BCUT2D eigenvalue weighted by molar-refractivity contribution is 6.13. The van der Waals surface area contributed by atoms with Gasteiger partial charge in [0.15, 0.2) is 13.0 Å². The number of imide groups is 1. The molecule has 1 aromatic carbocycles. The van der Waals surface area contributed by atoms with Crippen molar-refractivity contribution < 1.29 is 28.3 Å². The molecule has 2 rings (SSSR count). The number of hydrogen-bond acceptors (Lipinski definition) is 5. The highest BCUT2D eigenvalue weighted by Gasteiger charge is 2.32. The van der Waals surface area contributed by atoms with Crippen LogP contribution in [0.3, 0.4) is 0 Å². The van der Waals surface area contributed by atoms with E-state index in [1.165, 1.54) is 0 Å². The molecule has 1 aliphatic heterocycles. The summed E-state index contributed by atoms with van der Waals surface area (Å²) in [6.07, 6.45) is 2.86. The van der Waals surface area contributed by atoms with Crippen molar-refractivity contribution in [3.8, 4) is 5.75 Å². The molecule has 1 heterocycles. The first kappa shape index (κ1) is 18.3. The summed E-state index contributed by atoms with van der Waals surface area (Å²) in [6, 6.07) is 4.18. The Labute approximate surface area is 143 Å². The number of carbonyl (C=O) groups excluding carboxylic acids is 4. The number of aryl methyl sites for hydroxylation is 1. The van der Waals surface area contributed by atoms with Gasteiger partial charge in [0.25, 0.3) is 17.7 Å². The van der Waals surface area contributed by atoms with Gasteiger partial charge in [0.2, 0.25) is 0 Å². The average molecular weight is 348 g/mol. The summed E-state index contributed by atoms with van der Waals surface area (Å²) in [7, 11) is 0. The first-order chi connectivity index (χ1) is 12.0. The Balaban J connectivity index is 2.14. The van der Waals surface area contributed by atoms with Crippen molar-refractivity contribution in [1.82, 2.24) is 10.2 Å². The molecule has 8 heteroatoms. The van der Waals surface area contributed by atoms with Crippen molar-refractivity contribution in [2.45, 2.75) is 13.0 Å². The summed E-state index contributed by atoms with van der Waals surface area (Å²) in [5.74, 6) is -1.66. The number of aldehydes is 1. The maximum Gasteiger partial charge on any atom is 0.254 e. The quantitative estimate of drug-likeness (QED) is 0.548. The average Bonchev–Trinajstić information content (AvgIpc) is 2.93. The SMILES string of the molecule is Cc1cccc(OCC(CNC(=O)CF)N2C(=O)C=CC2=O)c1C=O. The Morgan fingerprint density at radius 1 is 1.32 bits per heavy atom. The lowest BCUT2D eigenvalue weighted by Crippen LogP contribution is -2.50. The van der Waals surface area contributed by atoms with E-state index in [0.717, 1.165) is 17.1 Å². The molecule has 1 aliphatic rings. The fourth-order valence-corrected chi connectivity index (χ4v) is 2.39. The number of amides is 3. The highest BCUT2D eigenvalue weighted by Crippen LogP contribution is 2.21. The minimum absolute atomic E-state index is 0.157. The van der Waals surface area contributed by atoms with E-state index in [9.17, 15) is 23.6 Å². The molecule has 1 unspecified atom stereocenters. The molecular weight excluding hydrogens is 331 g/mol. The van der Waals surface area contributed by atoms with Crippen LogP contribution in [0.5, 0.6) is 5.75 Å². The van der Waals surface area contributed by atoms with Crippen molar-refractivity contribution in [1.29, 1.82) is 0 Å². The Hall–Kier alpha value is -3.03. The number of alkyl halides is 1. The number of nitrogens with one attached hydrogen (secondary N) is 1. The van der Waals surface area contributed by atoms with Crippen LogP contribution in [0.1, 0.15) is 15.9 Å². The van der Waals surface area contributed by atoms with Crippen LogP contribution in [0.25, 0.3) is 0 Å². The number of nitrogens with zero attached hydrogens (tertiary/aromatic N) is 1. The van der Waals surface area contributed by atoms with Gasteiger partial charge in [0.1, 0.15) is 12.4 Å². The Morgan fingerprint density at radius 2 is 2.00 bits per heavy atom. The zero-order chi connectivity index (χ0) is 18.4. The maximum absolute atomic E-state index is 12.3. The van der Waals surface area contributed by atoms with Crippen molar-refractivity contribution >= 4 is 24.0 Å². The lowest BCUT2D eigenvalue weighted by molar-refractivity contribution is -0.140. The summed E-state index contributed by atoms with van der Waals surface area (Å²) in [5, 5.41) is 2.29. The van der Waals surface area contributed by atoms with E-state index in [0.29, 0.717) is 23.2 Å². The van der Waals surface area contributed by atoms with E-state index in [-0.39, 0.29) is 13.2 Å². The fourth-order valence-electron chi connectivity index (χ4n) is 2.39. The zero-order valence-corrected chi connectivity index (χ0v) is 13.5. The van der Waals surface area contributed by atoms with E-state index < -0.39 is 30.4 Å². The van der Waals surface area contributed by atoms with E-state index in [2.05, 4.69) is 5.32 Å².